The van der Waals surface area contributed by atoms with Crippen LogP contribution < -0.4 is 10.1 Å². The van der Waals surface area contributed by atoms with Gasteiger partial charge in [-0.3, -0.25) is 9.78 Å². The van der Waals surface area contributed by atoms with Gasteiger partial charge in [0, 0.05) is 12.6 Å². The van der Waals surface area contributed by atoms with E-state index >= 15 is 0 Å². The van der Waals surface area contributed by atoms with Crippen molar-refractivity contribution in [3.63, 3.8) is 0 Å². The molecule has 1 unspecified atom stereocenters. The van der Waals surface area contributed by atoms with Crippen molar-refractivity contribution < 1.29 is 9.53 Å². The second kappa shape index (κ2) is 7.43. The number of aromatic nitrogens is 1. The predicted molar refractivity (Wildman–Crippen MR) is 82.1 cm³/mol. The Morgan fingerprint density at radius 1 is 1.29 bits per heavy atom. The second-order valence-electron chi connectivity index (χ2n) is 4.90. The van der Waals surface area contributed by atoms with Gasteiger partial charge in [-0.05, 0) is 43.2 Å². The summed E-state index contributed by atoms with van der Waals surface area (Å²) in [5.41, 5.74) is 1.96. The van der Waals surface area contributed by atoms with Crippen molar-refractivity contribution in [2.45, 2.75) is 25.8 Å². The lowest BCUT2D eigenvalue weighted by Gasteiger charge is -2.13. The summed E-state index contributed by atoms with van der Waals surface area (Å²) in [6, 6.07) is 13.4. The minimum absolute atomic E-state index is 0.0240. The van der Waals surface area contributed by atoms with Crippen molar-refractivity contribution in [3.8, 4) is 5.75 Å². The summed E-state index contributed by atoms with van der Waals surface area (Å²) < 4.78 is 5.18. The van der Waals surface area contributed by atoms with Crippen LogP contribution in [0.5, 0.6) is 5.75 Å². The zero-order valence-electron chi connectivity index (χ0n) is 12.4. The van der Waals surface area contributed by atoms with E-state index in [0.29, 0.717) is 12.8 Å². The molecule has 0 spiro atoms. The molecule has 1 N–H and O–H groups in total. The third-order valence-corrected chi connectivity index (χ3v) is 3.28. The van der Waals surface area contributed by atoms with Crippen molar-refractivity contribution in [2.24, 2.45) is 0 Å². The van der Waals surface area contributed by atoms with Crippen LogP contribution in [0.3, 0.4) is 0 Å². The first kappa shape index (κ1) is 15.0. The number of pyridine rings is 1. The first-order valence-electron chi connectivity index (χ1n) is 7.02. The zero-order chi connectivity index (χ0) is 15.1. The molecule has 1 aromatic heterocycles. The molecule has 2 aromatic rings. The molecule has 110 valence electrons. The Balaban J connectivity index is 1.84. The number of amides is 1. The Bertz CT molecular complexity index is 584. The number of nitrogens with zero attached hydrogens (tertiary/aromatic N) is 1. The second-order valence-corrected chi connectivity index (χ2v) is 4.90. The number of rotatable bonds is 6. The van der Waals surface area contributed by atoms with Crippen molar-refractivity contribution in [1.82, 2.24) is 10.3 Å². The Labute approximate surface area is 125 Å². The Morgan fingerprint density at radius 3 is 2.86 bits per heavy atom. The van der Waals surface area contributed by atoms with Gasteiger partial charge in [-0.15, -0.1) is 0 Å². The molecule has 4 heteroatoms. The van der Waals surface area contributed by atoms with Gasteiger partial charge in [-0.2, -0.15) is 0 Å². The average molecular weight is 284 g/mol. The molecule has 0 aliphatic heterocycles. The fraction of sp³-hybridized carbons (Fsp3) is 0.294. The normalized spacial score (nSPS) is 11.7. The Kier molecular flexibility index (Phi) is 5.32. The summed E-state index contributed by atoms with van der Waals surface area (Å²) in [4.78, 5) is 16.2. The van der Waals surface area contributed by atoms with Crippen LogP contribution in [0, 0.1) is 0 Å². The molecular weight excluding hydrogens is 264 g/mol. The number of carbonyl (C=O) groups is 1. The molecule has 0 radical (unpaired) electrons. The summed E-state index contributed by atoms with van der Waals surface area (Å²) in [7, 11) is 1.64. The maximum Gasteiger partial charge on any atom is 0.220 e. The highest BCUT2D eigenvalue weighted by molar-refractivity contribution is 5.76. The third kappa shape index (κ3) is 4.60. The molecule has 21 heavy (non-hydrogen) atoms. The molecule has 1 atom stereocenters. The van der Waals surface area contributed by atoms with E-state index in [1.54, 1.807) is 13.3 Å². The molecular formula is C17H20N2O2. The summed E-state index contributed by atoms with van der Waals surface area (Å²) in [6.07, 6.45) is 2.87. The van der Waals surface area contributed by atoms with Gasteiger partial charge < -0.3 is 10.1 Å². The van der Waals surface area contributed by atoms with E-state index in [2.05, 4.69) is 10.3 Å². The Morgan fingerprint density at radius 2 is 2.14 bits per heavy atom. The van der Waals surface area contributed by atoms with E-state index < -0.39 is 0 Å². The summed E-state index contributed by atoms with van der Waals surface area (Å²) >= 11 is 0. The monoisotopic (exact) mass is 284 g/mol. The number of carbonyl (C=O) groups excluding carboxylic acids is 1. The maximum atomic E-state index is 12.0. The Hall–Kier alpha value is -2.36. The fourth-order valence-corrected chi connectivity index (χ4v) is 2.11. The van der Waals surface area contributed by atoms with E-state index in [9.17, 15) is 4.79 Å². The van der Waals surface area contributed by atoms with Crippen LogP contribution in [0.2, 0.25) is 0 Å². The number of ether oxygens (including phenoxy) is 1. The van der Waals surface area contributed by atoms with Crippen LogP contribution in [0.1, 0.15) is 30.6 Å². The highest BCUT2D eigenvalue weighted by atomic mass is 16.5. The molecule has 4 nitrogen and oxygen atoms in total. The van der Waals surface area contributed by atoms with Crippen molar-refractivity contribution in [2.75, 3.05) is 7.11 Å². The molecule has 0 saturated heterocycles. The quantitative estimate of drug-likeness (QED) is 0.887. The number of hydrogen-bond acceptors (Lipinski definition) is 3. The van der Waals surface area contributed by atoms with E-state index in [0.717, 1.165) is 17.0 Å². The molecule has 0 aliphatic carbocycles. The van der Waals surface area contributed by atoms with Gasteiger partial charge in [0.25, 0.3) is 0 Å². The van der Waals surface area contributed by atoms with Gasteiger partial charge in [-0.1, -0.05) is 18.2 Å². The van der Waals surface area contributed by atoms with Crippen LogP contribution in [-0.4, -0.2) is 18.0 Å². The summed E-state index contributed by atoms with van der Waals surface area (Å²) in [5.74, 6) is 0.839. The molecule has 2 rings (SSSR count). The predicted octanol–water partition coefficient (Wildman–Crippen LogP) is 2.90. The maximum absolute atomic E-state index is 12.0. The van der Waals surface area contributed by atoms with Gasteiger partial charge in [0.2, 0.25) is 5.91 Å². The van der Waals surface area contributed by atoms with Crippen molar-refractivity contribution in [1.29, 1.82) is 0 Å². The van der Waals surface area contributed by atoms with Gasteiger partial charge >= 0.3 is 0 Å². The fourth-order valence-electron chi connectivity index (χ4n) is 2.11. The van der Waals surface area contributed by atoms with Crippen LogP contribution in [0.4, 0.5) is 0 Å². The topological polar surface area (TPSA) is 51.2 Å². The number of nitrogens with one attached hydrogen (secondary N) is 1. The summed E-state index contributed by atoms with van der Waals surface area (Å²) in [6.45, 7) is 1.94. The smallest absolute Gasteiger partial charge is 0.220 e. The molecule has 0 saturated carbocycles. The van der Waals surface area contributed by atoms with E-state index in [1.807, 2.05) is 49.4 Å². The lowest BCUT2D eigenvalue weighted by atomic mass is 10.1. The van der Waals surface area contributed by atoms with Crippen molar-refractivity contribution in [3.05, 3.63) is 59.9 Å². The zero-order valence-corrected chi connectivity index (χ0v) is 12.4. The molecule has 0 aliphatic rings. The first-order chi connectivity index (χ1) is 10.2. The number of methoxy groups -OCH3 is 1. The van der Waals surface area contributed by atoms with E-state index in [4.69, 9.17) is 4.74 Å². The number of hydrogen-bond donors (Lipinski definition) is 1. The number of benzene rings is 1. The molecule has 0 bridgehead atoms. The van der Waals surface area contributed by atoms with Gasteiger partial charge in [-0.25, -0.2) is 0 Å². The molecule has 1 aromatic carbocycles. The van der Waals surface area contributed by atoms with Crippen LogP contribution in [0.25, 0.3) is 0 Å². The van der Waals surface area contributed by atoms with E-state index in [1.165, 1.54) is 0 Å². The third-order valence-electron chi connectivity index (χ3n) is 3.28. The lowest BCUT2D eigenvalue weighted by Crippen LogP contribution is -2.27. The van der Waals surface area contributed by atoms with Crippen LogP contribution in [-0.2, 0) is 11.2 Å². The standard InChI is InChI=1S/C17H20N2O2/c1-13(16-8-3-4-11-18-16)19-17(20)10-9-14-6-5-7-15(12-14)21-2/h3-8,11-13H,9-10H2,1-2H3,(H,19,20). The van der Waals surface area contributed by atoms with Gasteiger partial charge in [0.05, 0.1) is 18.8 Å². The van der Waals surface area contributed by atoms with Crippen molar-refractivity contribution >= 4 is 5.91 Å². The van der Waals surface area contributed by atoms with Gasteiger partial charge in [0.15, 0.2) is 0 Å². The molecule has 0 fully saturated rings. The lowest BCUT2D eigenvalue weighted by molar-refractivity contribution is -0.121. The van der Waals surface area contributed by atoms with Crippen LogP contribution in [0.15, 0.2) is 48.7 Å². The summed E-state index contributed by atoms with van der Waals surface area (Å²) in [5, 5.41) is 2.96. The highest BCUT2D eigenvalue weighted by Gasteiger charge is 2.10. The minimum atomic E-state index is -0.0796. The largest absolute Gasteiger partial charge is 0.497 e. The first-order valence-corrected chi connectivity index (χ1v) is 7.02. The average Bonchev–Trinajstić information content (AvgIpc) is 2.54. The molecule has 1 amide bonds. The van der Waals surface area contributed by atoms with Gasteiger partial charge in [0.1, 0.15) is 5.75 Å². The van der Waals surface area contributed by atoms with E-state index in [-0.39, 0.29) is 11.9 Å². The van der Waals surface area contributed by atoms with Crippen LogP contribution >= 0.6 is 0 Å². The molecule has 1 heterocycles. The minimum Gasteiger partial charge on any atom is -0.497 e. The SMILES string of the molecule is COc1cccc(CCC(=O)NC(C)c2ccccn2)c1. The number of aryl methyl sites for hydroxylation is 1. The highest BCUT2D eigenvalue weighted by Crippen LogP contribution is 2.14.